The molecule has 1 aromatic carbocycles. The van der Waals surface area contributed by atoms with Crippen LogP contribution in [0.25, 0.3) is 0 Å². The zero-order valence-corrected chi connectivity index (χ0v) is 19.2. The molecule has 0 radical (unpaired) electrons. The maximum absolute atomic E-state index is 13.5. The first-order valence-electron chi connectivity index (χ1n) is 9.88. The number of esters is 2. The zero-order chi connectivity index (χ0) is 24.4. The van der Waals surface area contributed by atoms with Crippen molar-refractivity contribution < 1.29 is 33.0 Å². The van der Waals surface area contributed by atoms with Gasteiger partial charge in [0.05, 0.1) is 10.6 Å². The van der Waals surface area contributed by atoms with Crippen LogP contribution in [0.5, 0.6) is 11.6 Å². The predicted molar refractivity (Wildman–Crippen MR) is 115 cm³/mol. The van der Waals surface area contributed by atoms with E-state index in [1.54, 1.807) is 0 Å². The van der Waals surface area contributed by atoms with Crippen LogP contribution in [-0.2, 0) is 22.6 Å². The molecule has 1 aliphatic rings. The summed E-state index contributed by atoms with van der Waals surface area (Å²) in [6.07, 6.45) is 0.215. The van der Waals surface area contributed by atoms with E-state index >= 15 is 0 Å². The zero-order valence-electron chi connectivity index (χ0n) is 18.4. The number of carbonyl (C=O) groups is 4. The third-order valence-electron chi connectivity index (χ3n) is 4.81. The van der Waals surface area contributed by atoms with Crippen LogP contribution >= 0.6 is 11.6 Å². The molecule has 0 atom stereocenters. The summed E-state index contributed by atoms with van der Waals surface area (Å²) in [7, 11) is 3.02. The van der Waals surface area contributed by atoms with Crippen LogP contribution < -0.4 is 9.47 Å². The Kier molecular flexibility index (Phi) is 6.97. The number of carbonyl (C=O) groups excluding carboxylic acids is 4. The van der Waals surface area contributed by atoms with Crippen LogP contribution in [0.1, 0.15) is 45.8 Å². The minimum atomic E-state index is -0.778. The standard InChI is InChI=1S/C22H21ClFN3O6/c1-11(28)32-19-17-14(18(22(31)26(3)4)25-20(19)33-12(2)29)7-8-27(21(17)30)10-13-5-6-16(24)15(23)9-13/h5-6,9H,7-8,10H2,1-4H3. The normalized spacial score (nSPS) is 12.8. The summed E-state index contributed by atoms with van der Waals surface area (Å²) in [6, 6.07) is 4.10. The summed E-state index contributed by atoms with van der Waals surface area (Å²) in [5, 5.41) is -0.0850. The van der Waals surface area contributed by atoms with Crippen LogP contribution in [0.4, 0.5) is 4.39 Å². The Hall–Kier alpha value is -3.53. The van der Waals surface area contributed by atoms with Gasteiger partial charge in [-0.3, -0.25) is 19.2 Å². The lowest BCUT2D eigenvalue weighted by Crippen LogP contribution is -2.39. The second kappa shape index (κ2) is 9.53. The van der Waals surface area contributed by atoms with Crippen molar-refractivity contribution >= 4 is 35.4 Å². The topological polar surface area (TPSA) is 106 Å². The summed E-state index contributed by atoms with van der Waals surface area (Å²) < 4.78 is 23.8. The number of nitrogens with zero attached hydrogens (tertiary/aromatic N) is 3. The molecule has 0 unspecified atom stereocenters. The number of hydrogen-bond donors (Lipinski definition) is 0. The number of hydrogen-bond acceptors (Lipinski definition) is 7. The first kappa shape index (κ1) is 24.1. The fourth-order valence-electron chi connectivity index (χ4n) is 3.40. The number of aromatic nitrogens is 1. The van der Waals surface area contributed by atoms with Gasteiger partial charge in [0, 0.05) is 46.6 Å². The van der Waals surface area contributed by atoms with Crippen molar-refractivity contribution in [2.24, 2.45) is 0 Å². The van der Waals surface area contributed by atoms with E-state index in [4.69, 9.17) is 21.1 Å². The number of benzene rings is 1. The van der Waals surface area contributed by atoms with Crippen molar-refractivity contribution in [2.45, 2.75) is 26.8 Å². The van der Waals surface area contributed by atoms with Crippen molar-refractivity contribution in [3.63, 3.8) is 0 Å². The van der Waals surface area contributed by atoms with Crippen LogP contribution in [-0.4, -0.2) is 59.2 Å². The molecule has 0 bridgehead atoms. The molecule has 174 valence electrons. The van der Waals surface area contributed by atoms with Crippen molar-refractivity contribution in [1.29, 1.82) is 0 Å². The third kappa shape index (κ3) is 5.11. The Balaban J connectivity index is 2.15. The highest BCUT2D eigenvalue weighted by molar-refractivity contribution is 6.30. The molecule has 2 amide bonds. The lowest BCUT2D eigenvalue weighted by molar-refractivity contribution is -0.135. The molecule has 0 saturated carbocycles. The molecule has 0 saturated heterocycles. The monoisotopic (exact) mass is 477 g/mol. The van der Waals surface area contributed by atoms with Crippen molar-refractivity contribution in [3.8, 4) is 11.6 Å². The van der Waals surface area contributed by atoms with Crippen molar-refractivity contribution in [1.82, 2.24) is 14.8 Å². The highest BCUT2D eigenvalue weighted by Crippen LogP contribution is 2.38. The fraction of sp³-hybridized carbons (Fsp3) is 0.318. The van der Waals surface area contributed by atoms with Gasteiger partial charge >= 0.3 is 11.9 Å². The highest BCUT2D eigenvalue weighted by atomic mass is 35.5. The van der Waals surface area contributed by atoms with E-state index in [0.29, 0.717) is 5.56 Å². The maximum atomic E-state index is 13.5. The SMILES string of the molecule is CC(=O)Oc1nc(C(=O)N(C)C)c2c(c1OC(C)=O)C(=O)N(Cc1ccc(F)c(Cl)c1)CC2. The van der Waals surface area contributed by atoms with Gasteiger partial charge in [0.15, 0.2) is 0 Å². The molecule has 11 heteroatoms. The Labute approximate surface area is 194 Å². The van der Waals surface area contributed by atoms with Gasteiger partial charge in [0.25, 0.3) is 17.7 Å². The molecule has 3 rings (SSSR count). The minimum absolute atomic E-state index is 0.0833. The van der Waals surface area contributed by atoms with Gasteiger partial charge < -0.3 is 19.3 Å². The molecule has 1 aliphatic heterocycles. The molecular formula is C22H21ClFN3O6. The van der Waals surface area contributed by atoms with Gasteiger partial charge in [-0.1, -0.05) is 17.7 Å². The summed E-state index contributed by atoms with van der Waals surface area (Å²) in [5.74, 6) is -4.01. The maximum Gasteiger partial charge on any atom is 0.309 e. The summed E-state index contributed by atoms with van der Waals surface area (Å²) in [4.78, 5) is 56.5. The molecule has 9 nitrogen and oxygen atoms in total. The summed E-state index contributed by atoms with van der Waals surface area (Å²) >= 11 is 5.85. The molecule has 0 aliphatic carbocycles. The van der Waals surface area contributed by atoms with Crippen molar-refractivity contribution in [3.05, 3.63) is 51.4 Å². The molecule has 0 fully saturated rings. The Morgan fingerprint density at radius 2 is 1.85 bits per heavy atom. The van der Waals surface area contributed by atoms with Crippen LogP contribution in [0, 0.1) is 5.82 Å². The van der Waals surface area contributed by atoms with E-state index in [1.807, 2.05) is 0 Å². The van der Waals surface area contributed by atoms with Crippen LogP contribution in [0.3, 0.4) is 0 Å². The lowest BCUT2D eigenvalue weighted by Gasteiger charge is -2.31. The van der Waals surface area contributed by atoms with Gasteiger partial charge in [-0.15, -0.1) is 0 Å². The van der Waals surface area contributed by atoms with E-state index in [2.05, 4.69) is 4.98 Å². The molecule has 33 heavy (non-hydrogen) atoms. The molecule has 1 aromatic heterocycles. The van der Waals surface area contributed by atoms with E-state index in [1.165, 1.54) is 42.1 Å². The quantitative estimate of drug-likeness (QED) is 0.609. The highest BCUT2D eigenvalue weighted by Gasteiger charge is 2.36. The molecule has 2 heterocycles. The molecular weight excluding hydrogens is 457 g/mol. The third-order valence-corrected chi connectivity index (χ3v) is 5.10. The Bertz CT molecular complexity index is 1170. The lowest BCUT2D eigenvalue weighted by atomic mass is 9.95. The van der Waals surface area contributed by atoms with Gasteiger partial charge in [0.1, 0.15) is 11.5 Å². The van der Waals surface area contributed by atoms with Gasteiger partial charge in [0.2, 0.25) is 5.75 Å². The summed E-state index contributed by atoms with van der Waals surface area (Å²) in [5.41, 5.74) is 0.673. The number of ether oxygens (including phenoxy) is 2. The van der Waals surface area contributed by atoms with Gasteiger partial charge in [-0.2, -0.15) is 0 Å². The molecule has 2 aromatic rings. The van der Waals surface area contributed by atoms with Crippen LogP contribution in [0.2, 0.25) is 5.02 Å². The van der Waals surface area contributed by atoms with E-state index < -0.39 is 35.5 Å². The first-order valence-corrected chi connectivity index (χ1v) is 10.3. The average molecular weight is 478 g/mol. The van der Waals surface area contributed by atoms with Crippen molar-refractivity contribution in [2.75, 3.05) is 20.6 Å². The largest absolute Gasteiger partial charge is 0.420 e. The van der Waals surface area contributed by atoms with E-state index in [-0.39, 0.29) is 47.1 Å². The van der Waals surface area contributed by atoms with E-state index in [0.717, 1.165) is 13.8 Å². The number of rotatable bonds is 5. The Morgan fingerprint density at radius 1 is 1.18 bits per heavy atom. The van der Waals surface area contributed by atoms with E-state index in [9.17, 15) is 23.6 Å². The molecule has 0 spiro atoms. The predicted octanol–water partition coefficient (Wildman–Crippen LogP) is 2.63. The number of halogens is 2. The number of amides is 2. The number of fused-ring (bicyclic) bond motifs is 1. The van der Waals surface area contributed by atoms with Crippen LogP contribution in [0.15, 0.2) is 18.2 Å². The first-order chi connectivity index (χ1) is 15.5. The second-order valence-electron chi connectivity index (χ2n) is 7.56. The number of pyridine rings is 1. The average Bonchev–Trinajstić information content (AvgIpc) is 2.72. The molecule has 0 N–H and O–H groups in total. The smallest absolute Gasteiger partial charge is 0.309 e. The minimum Gasteiger partial charge on any atom is -0.420 e. The second-order valence-corrected chi connectivity index (χ2v) is 7.97. The van der Waals surface area contributed by atoms with Gasteiger partial charge in [-0.05, 0) is 24.1 Å². The Morgan fingerprint density at radius 3 is 2.42 bits per heavy atom. The van der Waals surface area contributed by atoms with Gasteiger partial charge in [-0.25, -0.2) is 9.37 Å². The fourth-order valence-corrected chi connectivity index (χ4v) is 3.60. The summed E-state index contributed by atoms with van der Waals surface area (Å²) in [6.45, 7) is 2.52.